The Hall–Kier alpha value is -1.49. The van der Waals surface area contributed by atoms with Crippen LogP contribution in [0.1, 0.15) is 25.0 Å². The summed E-state index contributed by atoms with van der Waals surface area (Å²) < 4.78 is 5.51. The molecule has 0 unspecified atom stereocenters. The van der Waals surface area contributed by atoms with E-state index in [9.17, 15) is 0 Å². The fourth-order valence-corrected chi connectivity index (χ4v) is 1.64. The van der Waals surface area contributed by atoms with Gasteiger partial charge in [-0.25, -0.2) is 0 Å². The fourth-order valence-electron chi connectivity index (χ4n) is 1.64. The average Bonchev–Trinajstić information content (AvgIpc) is 2.43. The SMILES string of the molecule is CC1(C)COc2c(C#N)cccc21. The molecule has 0 N–H and O–H groups in total. The van der Waals surface area contributed by atoms with Crippen molar-refractivity contribution in [1.29, 1.82) is 5.26 Å². The predicted molar refractivity (Wildman–Crippen MR) is 49.7 cm³/mol. The van der Waals surface area contributed by atoms with E-state index in [2.05, 4.69) is 19.9 Å². The van der Waals surface area contributed by atoms with Crippen LogP contribution in [0, 0.1) is 11.3 Å². The highest BCUT2D eigenvalue weighted by atomic mass is 16.5. The molecule has 0 radical (unpaired) electrons. The second-order valence-corrected chi connectivity index (χ2v) is 3.97. The van der Waals surface area contributed by atoms with E-state index in [4.69, 9.17) is 10.00 Å². The second kappa shape index (κ2) is 2.50. The van der Waals surface area contributed by atoms with Crippen molar-refractivity contribution in [1.82, 2.24) is 0 Å². The monoisotopic (exact) mass is 173 g/mol. The van der Waals surface area contributed by atoms with Gasteiger partial charge in [-0.05, 0) is 6.07 Å². The normalized spacial score (nSPS) is 17.3. The molecule has 0 aliphatic carbocycles. The number of fused-ring (bicyclic) bond motifs is 1. The first-order valence-electron chi connectivity index (χ1n) is 4.31. The van der Waals surface area contributed by atoms with Crippen molar-refractivity contribution in [3.05, 3.63) is 29.3 Å². The number of rotatable bonds is 0. The van der Waals surface area contributed by atoms with Crippen LogP contribution < -0.4 is 4.74 Å². The van der Waals surface area contributed by atoms with Gasteiger partial charge in [0.1, 0.15) is 11.8 Å². The van der Waals surface area contributed by atoms with Crippen LogP contribution in [0.15, 0.2) is 18.2 Å². The minimum Gasteiger partial charge on any atom is -0.491 e. The van der Waals surface area contributed by atoms with E-state index in [0.29, 0.717) is 12.2 Å². The molecule has 0 aromatic heterocycles. The first-order chi connectivity index (χ1) is 6.15. The molecule has 0 bridgehead atoms. The second-order valence-electron chi connectivity index (χ2n) is 3.97. The van der Waals surface area contributed by atoms with Gasteiger partial charge in [0.15, 0.2) is 0 Å². The van der Waals surface area contributed by atoms with Crippen molar-refractivity contribution >= 4 is 0 Å². The summed E-state index contributed by atoms with van der Waals surface area (Å²) in [6.45, 7) is 4.92. The van der Waals surface area contributed by atoms with E-state index >= 15 is 0 Å². The summed E-state index contributed by atoms with van der Waals surface area (Å²) in [6.07, 6.45) is 0. The summed E-state index contributed by atoms with van der Waals surface area (Å²) in [6, 6.07) is 7.87. The van der Waals surface area contributed by atoms with Gasteiger partial charge in [0.25, 0.3) is 0 Å². The lowest BCUT2D eigenvalue weighted by Crippen LogP contribution is -2.18. The van der Waals surface area contributed by atoms with Crippen LogP contribution in [0.2, 0.25) is 0 Å². The molecule has 0 spiro atoms. The quantitative estimate of drug-likeness (QED) is 0.602. The Labute approximate surface area is 77.8 Å². The molecule has 0 saturated carbocycles. The Bertz CT molecular complexity index is 388. The van der Waals surface area contributed by atoms with Crippen molar-refractivity contribution in [3.63, 3.8) is 0 Å². The van der Waals surface area contributed by atoms with E-state index in [1.54, 1.807) is 6.07 Å². The minimum atomic E-state index is 0.0438. The molecule has 1 heterocycles. The summed E-state index contributed by atoms with van der Waals surface area (Å²) in [7, 11) is 0. The Morgan fingerprint density at radius 3 is 2.92 bits per heavy atom. The van der Waals surface area contributed by atoms with Crippen molar-refractivity contribution in [2.75, 3.05) is 6.61 Å². The average molecular weight is 173 g/mol. The number of para-hydroxylation sites is 1. The molecule has 1 aliphatic heterocycles. The van der Waals surface area contributed by atoms with Gasteiger partial charge in [0, 0.05) is 11.0 Å². The summed E-state index contributed by atoms with van der Waals surface area (Å²) >= 11 is 0. The first kappa shape index (κ1) is 8.12. The highest BCUT2D eigenvalue weighted by Crippen LogP contribution is 2.39. The largest absolute Gasteiger partial charge is 0.491 e. The van der Waals surface area contributed by atoms with E-state index in [1.165, 1.54) is 0 Å². The Morgan fingerprint density at radius 2 is 2.23 bits per heavy atom. The van der Waals surface area contributed by atoms with Crippen LogP contribution in [0.3, 0.4) is 0 Å². The summed E-state index contributed by atoms with van der Waals surface area (Å²) in [5.74, 6) is 0.773. The summed E-state index contributed by atoms with van der Waals surface area (Å²) in [4.78, 5) is 0. The minimum absolute atomic E-state index is 0.0438. The van der Waals surface area contributed by atoms with Crippen LogP contribution in [-0.4, -0.2) is 6.61 Å². The topological polar surface area (TPSA) is 33.0 Å². The van der Waals surface area contributed by atoms with Crippen LogP contribution in [0.5, 0.6) is 5.75 Å². The molecular formula is C11H11NO. The maximum atomic E-state index is 8.84. The molecule has 66 valence electrons. The van der Waals surface area contributed by atoms with Crippen LogP contribution >= 0.6 is 0 Å². The standard InChI is InChI=1S/C11H11NO/c1-11(2)7-13-10-8(6-12)4-3-5-9(10)11/h3-5H,7H2,1-2H3. The number of nitrogens with zero attached hydrogens (tertiary/aromatic N) is 1. The number of nitriles is 1. The van der Waals surface area contributed by atoms with Crippen molar-refractivity contribution in [3.8, 4) is 11.8 Å². The zero-order chi connectivity index (χ0) is 9.47. The van der Waals surface area contributed by atoms with E-state index in [0.717, 1.165) is 11.3 Å². The Kier molecular flexibility index (Phi) is 1.56. The lowest BCUT2D eigenvalue weighted by Gasteiger charge is -2.14. The van der Waals surface area contributed by atoms with Gasteiger partial charge >= 0.3 is 0 Å². The molecule has 1 aliphatic rings. The number of hydrogen-bond donors (Lipinski definition) is 0. The van der Waals surface area contributed by atoms with E-state index in [-0.39, 0.29) is 5.41 Å². The molecular weight excluding hydrogens is 162 g/mol. The molecule has 13 heavy (non-hydrogen) atoms. The van der Waals surface area contributed by atoms with Gasteiger partial charge in [-0.3, -0.25) is 0 Å². The molecule has 0 atom stereocenters. The van der Waals surface area contributed by atoms with Gasteiger partial charge in [-0.1, -0.05) is 26.0 Å². The molecule has 2 rings (SSSR count). The van der Waals surface area contributed by atoms with E-state index in [1.807, 2.05) is 12.1 Å². The third kappa shape index (κ3) is 1.08. The first-order valence-corrected chi connectivity index (χ1v) is 4.31. The molecule has 0 fully saturated rings. The zero-order valence-electron chi connectivity index (χ0n) is 7.79. The van der Waals surface area contributed by atoms with Gasteiger partial charge in [-0.2, -0.15) is 5.26 Å². The molecule has 2 nitrogen and oxygen atoms in total. The highest BCUT2D eigenvalue weighted by molar-refractivity contribution is 5.53. The lowest BCUT2D eigenvalue weighted by molar-refractivity contribution is 0.290. The van der Waals surface area contributed by atoms with Crippen LogP contribution in [-0.2, 0) is 5.41 Å². The van der Waals surface area contributed by atoms with Crippen LogP contribution in [0.25, 0.3) is 0 Å². The number of ether oxygens (including phenoxy) is 1. The Balaban J connectivity index is 2.64. The summed E-state index contributed by atoms with van der Waals surface area (Å²) in [5, 5.41) is 8.84. The maximum Gasteiger partial charge on any atom is 0.140 e. The molecule has 1 aromatic rings. The fraction of sp³-hybridized carbons (Fsp3) is 0.364. The van der Waals surface area contributed by atoms with Crippen molar-refractivity contribution in [2.24, 2.45) is 0 Å². The molecule has 2 heteroatoms. The zero-order valence-corrected chi connectivity index (χ0v) is 7.79. The lowest BCUT2D eigenvalue weighted by atomic mass is 9.86. The van der Waals surface area contributed by atoms with E-state index < -0.39 is 0 Å². The number of benzene rings is 1. The molecule has 0 saturated heterocycles. The predicted octanol–water partition coefficient (Wildman–Crippen LogP) is 2.23. The third-order valence-corrected chi connectivity index (χ3v) is 2.44. The maximum absolute atomic E-state index is 8.84. The smallest absolute Gasteiger partial charge is 0.140 e. The van der Waals surface area contributed by atoms with Gasteiger partial charge < -0.3 is 4.74 Å². The van der Waals surface area contributed by atoms with Crippen LogP contribution in [0.4, 0.5) is 0 Å². The highest BCUT2D eigenvalue weighted by Gasteiger charge is 2.32. The summed E-state index contributed by atoms with van der Waals surface area (Å²) in [5.41, 5.74) is 1.83. The molecule has 0 amide bonds. The molecule has 1 aromatic carbocycles. The third-order valence-electron chi connectivity index (χ3n) is 2.44. The number of hydrogen-bond acceptors (Lipinski definition) is 2. The van der Waals surface area contributed by atoms with Crippen molar-refractivity contribution < 1.29 is 4.74 Å². The van der Waals surface area contributed by atoms with Gasteiger partial charge in [-0.15, -0.1) is 0 Å². The van der Waals surface area contributed by atoms with Gasteiger partial charge in [0.05, 0.1) is 12.2 Å². The van der Waals surface area contributed by atoms with Gasteiger partial charge in [0.2, 0.25) is 0 Å². The Morgan fingerprint density at radius 1 is 1.46 bits per heavy atom. The van der Waals surface area contributed by atoms with Crippen molar-refractivity contribution in [2.45, 2.75) is 19.3 Å².